The molecule has 0 aromatic heterocycles. The van der Waals surface area contributed by atoms with Crippen molar-refractivity contribution < 1.29 is 18.3 Å². The van der Waals surface area contributed by atoms with Gasteiger partial charge in [-0.3, -0.25) is 4.79 Å². The normalized spacial score (nSPS) is 22.9. The zero-order valence-corrected chi connectivity index (χ0v) is 11.5. The van der Waals surface area contributed by atoms with Gasteiger partial charge in [0.2, 0.25) is 0 Å². The Hall–Kier alpha value is -1.69. The number of hydrogen-bond acceptors (Lipinski definition) is 3. The van der Waals surface area contributed by atoms with Gasteiger partial charge in [-0.2, -0.15) is 0 Å². The number of nitrogens with zero attached hydrogens (tertiary/aromatic N) is 1. The molecule has 110 valence electrons. The summed E-state index contributed by atoms with van der Waals surface area (Å²) in [4.78, 5) is 14.0. The Bertz CT molecular complexity index is 499. The third-order valence-electron chi connectivity index (χ3n) is 3.53. The number of anilines is 1. The van der Waals surface area contributed by atoms with Crippen LogP contribution in [0.25, 0.3) is 0 Å². The van der Waals surface area contributed by atoms with Crippen molar-refractivity contribution >= 4 is 11.6 Å². The maximum Gasteiger partial charge on any atom is 0.254 e. The van der Waals surface area contributed by atoms with Crippen LogP contribution in [0.3, 0.4) is 0 Å². The summed E-state index contributed by atoms with van der Waals surface area (Å²) in [5, 5.41) is 0. The molecule has 2 unspecified atom stereocenters. The number of benzene rings is 1. The van der Waals surface area contributed by atoms with Crippen LogP contribution in [0.2, 0.25) is 0 Å². The smallest absolute Gasteiger partial charge is 0.254 e. The highest BCUT2D eigenvalue weighted by molar-refractivity contribution is 5.95. The van der Waals surface area contributed by atoms with Gasteiger partial charge < -0.3 is 15.4 Å². The molecule has 20 heavy (non-hydrogen) atoms. The standard InChI is InChI=1S/C14H18F2N2O2/c1-3-10-7-20-8(2)6-18(10)14(19)9-4-11(15)13(17)12(16)5-9/h4-5,8,10H,3,6-7,17H2,1-2H3. The van der Waals surface area contributed by atoms with Gasteiger partial charge in [-0.1, -0.05) is 6.92 Å². The number of rotatable bonds is 2. The van der Waals surface area contributed by atoms with Gasteiger partial charge in [-0.05, 0) is 25.5 Å². The van der Waals surface area contributed by atoms with Crippen LogP contribution in [0.5, 0.6) is 0 Å². The lowest BCUT2D eigenvalue weighted by molar-refractivity contribution is -0.0444. The number of hydrogen-bond donors (Lipinski definition) is 1. The van der Waals surface area contributed by atoms with Crippen LogP contribution in [-0.4, -0.2) is 36.1 Å². The molecule has 1 aromatic rings. The number of halogens is 2. The Morgan fingerprint density at radius 2 is 2.05 bits per heavy atom. The molecule has 6 heteroatoms. The molecule has 1 saturated heterocycles. The zero-order chi connectivity index (χ0) is 14.9. The highest BCUT2D eigenvalue weighted by Crippen LogP contribution is 2.22. The first-order valence-corrected chi connectivity index (χ1v) is 6.61. The summed E-state index contributed by atoms with van der Waals surface area (Å²) in [6, 6.07) is 1.88. The van der Waals surface area contributed by atoms with Crippen LogP contribution < -0.4 is 5.73 Å². The molecule has 0 spiro atoms. The van der Waals surface area contributed by atoms with Crippen molar-refractivity contribution in [1.82, 2.24) is 4.90 Å². The van der Waals surface area contributed by atoms with Gasteiger partial charge in [0.05, 0.1) is 18.8 Å². The Morgan fingerprint density at radius 3 is 2.60 bits per heavy atom. The summed E-state index contributed by atoms with van der Waals surface area (Å²) >= 11 is 0. The molecule has 1 aliphatic heterocycles. The minimum Gasteiger partial charge on any atom is -0.394 e. The molecule has 0 saturated carbocycles. The fourth-order valence-corrected chi connectivity index (χ4v) is 2.30. The van der Waals surface area contributed by atoms with Gasteiger partial charge >= 0.3 is 0 Å². The van der Waals surface area contributed by atoms with E-state index in [9.17, 15) is 13.6 Å². The first-order valence-electron chi connectivity index (χ1n) is 6.61. The molecular formula is C14H18F2N2O2. The van der Waals surface area contributed by atoms with Crippen molar-refractivity contribution in [3.05, 3.63) is 29.3 Å². The lowest BCUT2D eigenvalue weighted by atomic mass is 10.1. The van der Waals surface area contributed by atoms with Crippen LogP contribution in [0.4, 0.5) is 14.5 Å². The molecule has 2 atom stereocenters. The van der Waals surface area contributed by atoms with E-state index in [2.05, 4.69) is 0 Å². The highest BCUT2D eigenvalue weighted by atomic mass is 19.1. The number of amides is 1. The molecule has 0 aliphatic carbocycles. The maximum atomic E-state index is 13.5. The second kappa shape index (κ2) is 5.75. The quantitative estimate of drug-likeness (QED) is 0.847. The van der Waals surface area contributed by atoms with Gasteiger partial charge in [-0.15, -0.1) is 0 Å². The summed E-state index contributed by atoms with van der Waals surface area (Å²) in [7, 11) is 0. The van der Waals surface area contributed by atoms with E-state index in [4.69, 9.17) is 10.5 Å². The third kappa shape index (κ3) is 2.75. The molecule has 1 aromatic carbocycles. The van der Waals surface area contributed by atoms with Crippen molar-refractivity contribution in [2.45, 2.75) is 32.4 Å². The van der Waals surface area contributed by atoms with E-state index < -0.39 is 23.2 Å². The van der Waals surface area contributed by atoms with E-state index in [0.717, 1.165) is 18.6 Å². The Kier molecular flexibility index (Phi) is 4.23. The zero-order valence-electron chi connectivity index (χ0n) is 11.5. The van der Waals surface area contributed by atoms with Crippen LogP contribution in [-0.2, 0) is 4.74 Å². The van der Waals surface area contributed by atoms with Crippen molar-refractivity contribution in [2.75, 3.05) is 18.9 Å². The topological polar surface area (TPSA) is 55.6 Å². The predicted molar refractivity (Wildman–Crippen MR) is 71.3 cm³/mol. The molecule has 0 bridgehead atoms. The average Bonchev–Trinajstić information content (AvgIpc) is 2.43. The number of carbonyl (C=O) groups is 1. The monoisotopic (exact) mass is 284 g/mol. The Labute approximate surface area is 116 Å². The molecule has 0 radical (unpaired) electrons. The van der Waals surface area contributed by atoms with E-state index in [0.29, 0.717) is 13.2 Å². The molecular weight excluding hydrogens is 266 g/mol. The van der Waals surface area contributed by atoms with Gasteiger partial charge in [0, 0.05) is 12.1 Å². The minimum atomic E-state index is -0.914. The summed E-state index contributed by atoms with van der Waals surface area (Å²) in [5.74, 6) is -2.23. The number of morpholine rings is 1. The second-order valence-electron chi connectivity index (χ2n) is 5.02. The molecule has 1 heterocycles. The van der Waals surface area contributed by atoms with Crippen molar-refractivity contribution in [1.29, 1.82) is 0 Å². The van der Waals surface area contributed by atoms with E-state index in [1.54, 1.807) is 4.90 Å². The van der Waals surface area contributed by atoms with Crippen LogP contribution in [0.1, 0.15) is 30.6 Å². The fourth-order valence-electron chi connectivity index (χ4n) is 2.30. The largest absolute Gasteiger partial charge is 0.394 e. The van der Waals surface area contributed by atoms with Gasteiger partial charge in [0.15, 0.2) is 0 Å². The van der Waals surface area contributed by atoms with Crippen LogP contribution in [0, 0.1) is 11.6 Å². The lowest BCUT2D eigenvalue weighted by Gasteiger charge is -2.38. The van der Waals surface area contributed by atoms with E-state index in [1.807, 2.05) is 13.8 Å². The number of nitrogens with two attached hydrogens (primary N) is 1. The summed E-state index contributed by atoms with van der Waals surface area (Å²) < 4.78 is 32.4. The Balaban J connectivity index is 2.29. The highest BCUT2D eigenvalue weighted by Gasteiger charge is 2.30. The fraction of sp³-hybridized carbons (Fsp3) is 0.500. The first kappa shape index (κ1) is 14.7. The number of ether oxygens (including phenoxy) is 1. The third-order valence-corrected chi connectivity index (χ3v) is 3.53. The molecule has 4 nitrogen and oxygen atoms in total. The molecule has 2 N–H and O–H groups in total. The van der Waals surface area contributed by atoms with E-state index in [-0.39, 0.29) is 17.7 Å². The van der Waals surface area contributed by atoms with E-state index >= 15 is 0 Å². The van der Waals surface area contributed by atoms with Gasteiger partial charge in [0.1, 0.15) is 17.3 Å². The van der Waals surface area contributed by atoms with Crippen LogP contribution in [0.15, 0.2) is 12.1 Å². The minimum absolute atomic E-state index is 0.0262. The second-order valence-corrected chi connectivity index (χ2v) is 5.02. The SMILES string of the molecule is CCC1COC(C)CN1C(=O)c1cc(F)c(N)c(F)c1. The molecule has 1 amide bonds. The van der Waals surface area contributed by atoms with Crippen molar-refractivity contribution in [3.63, 3.8) is 0 Å². The lowest BCUT2D eigenvalue weighted by Crippen LogP contribution is -2.51. The summed E-state index contributed by atoms with van der Waals surface area (Å²) in [5.41, 5.74) is 4.62. The van der Waals surface area contributed by atoms with Crippen molar-refractivity contribution in [3.8, 4) is 0 Å². The first-order chi connectivity index (χ1) is 9.43. The number of nitrogen functional groups attached to an aromatic ring is 1. The van der Waals surface area contributed by atoms with Gasteiger partial charge in [0.25, 0.3) is 5.91 Å². The molecule has 1 fully saturated rings. The van der Waals surface area contributed by atoms with E-state index in [1.165, 1.54) is 0 Å². The summed E-state index contributed by atoms with van der Waals surface area (Å²) in [6.45, 7) is 4.64. The predicted octanol–water partition coefficient (Wildman–Crippen LogP) is 2.19. The number of carbonyl (C=O) groups excluding carboxylic acids is 1. The van der Waals surface area contributed by atoms with Crippen LogP contribution >= 0.6 is 0 Å². The van der Waals surface area contributed by atoms with Gasteiger partial charge in [-0.25, -0.2) is 8.78 Å². The summed E-state index contributed by atoms with van der Waals surface area (Å²) in [6.07, 6.45) is 0.628. The maximum absolute atomic E-state index is 13.5. The Morgan fingerprint density at radius 1 is 1.45 bits per heavy atom. The average molecular weight is 284 g/mol. The van der Waals surface area contributed by atoms with Crippen molar-refractivity contribution in [2.24, 2.45) is 0 Å². The molecule has 1 aliphatic rings. The molecule has 2 rings (SSSR count).